The van der Waals surface area contributed by atoms with Crippen LogP contribution in [0.2, 0.25) is 5.15 Å². The molecule has 3 aromatic carbocycles. The van der Waals surface area contributed by atoms with Crippen molar-refractivity contribution in [2.24, 2.45) is 0 Å². The number of fused-ring (bicyclic) bond motifs is 2. The lowest BCUT2D eigenvalue weighted by Crippen LogP contribution is -2.26. The summed E-state index contributed by atoms with van der Waals surface area (Å²) in [5.74, 6) is 0.740. The zero-order chi connectivity index (χ0) is 19.7. The maximum absolute atomic E-state index is 13.1. The van der Waals surface area contributed by atoms with E-state index in [1.807, 2.05) is 54.6 Å². The van der Waals surface area contributed by atoms with Crippen LogP contribution in [0.1, 0.15) is 15.9 Å². The Morgan fingerprint density at radius 1 is 1.04 bits per heavy atom. The molecule has 4 aromatic rings. The molecule has 1 aromatic heterocycles. The monoisotopic (exact) mass is 390 g/mol. The Morgan fingerprint density at radius 3 is 2.61 bits per heavy atom. The Labute approximate surface area is 168 Å². The molecule has 0 N–H and O–H groups in total. The summed E-state index contributed by atoms with van der Waals surface area (Å²) in [6, 6.07) is 21.3. The first kappa shape index (κ1) is 18.3. The van der Waals surface area contributed by atoms with Crippen LogP contribution in [0.5, 0.6) is 5.75 Å². The van der Waals surface area contributed by atoms with Crippen molar-refractivity contribution in [2.75, 3.05) is 14.2 Å². The molecule has 0 unspecified atom stereocenters. The molecule has 0 saturated carbocycles. The van der Waals surface area contributed by atoms with Gasteiger partial charge < -0.3 is 9.64 Å². The van der Waals surface area contributed by atoms with E-state index in [9.17, 15) is 4.79 Å². The number of halogens is 1. The number of ether oxygens (including phenoxy) is 1. The molecule has 28 heavy (non-hydrogen) atoms. The molecule has 0 aliphatic rings. The topological polar surface area (TPSA) is 42.4 Å². The molecular weight excluding hydrogens is 372 g/mol. The molecule has 0 radical (unpaired) electrons. The fourth-order valence-corrected chi connectivity index (χ4v) is 3.57. The molecule has 0 aliphatic carbocycles. The van der Waals surface area contributed by atoms with Crippen molar-refractivity contribution >= 4 is 39.2 Å². The maximum atomic E-state index is 13.1. The highest BCUT2D eigenvalue weighted by Gasteiger charge is 2.17. The van der Waals surface area contributed by atoms with Crippen LogP contribution < -0.4 is 4.74 Å². The SMILES string of the molecule is COc1ccc2cc(CN(C)C(=O)c3cc(Cl)nc4ccccc34)ccc2c1. The smallest absolute Gasteiger partial charge is 0.254 e. The number of para-hydroxylation sites is 1. The molecule has 0 aliphatic heterocycles. The Bertz CT molecular complexity index is 1190. The number of carbonyl (C=O) groups is 1. The Morgan fingerprint density at radius 2 is 1.79 bits per heavy atom. The predicted molar refractivity (Wildman–Crippen MR) is 113 cm³/mol. The fraction of sp³-hybridized carbons (Fsp3) is 0.130. The summed E-state index contributed by atoms with van der Waals surface area (Å²) < 4.78 is 5.27. The van der Waals surface area contributed by atoms with Gasteiger partial charge in [0.25, 0.3) is 5.91 Å². The van der Waals surface area contributed by atoms with Crippen LogP contribution in [0.25, 0.3) is 21.7 Å². The van der Waals surface area contributed by atoms with Crippen LogP contribution in [0.15, 0.2) is 66.7 Å². The second-order valence-corrected chi connectivity index (χ2v) is 7.11. The molecule has 0 spiro atoms. The molecule has 0 saturated heterocycles. The summed E-state index contributed by atoms with van der Waals surface area (Å²) in [5.41, 5.74) is 2.33. The number of methoxy groups -OCH3 is 1. The van der Waals surface area contributed by atoms with Crippen LogP contribution in [-0.4, -0.2) is 29.9 Å². The van der Waals surface area contributed by atoms with Crippen LogP contribution >= 0.6 is 11.6 Å². The lowest BCUT2D eigenvalue weighted by Gasteiger charge is -2.19. The summed E-state index contributed by atoms with van der Waals surface area (Å²) in [7, 11) is 3.45. The van der Waals surface area contributed by atoms with Crippen LogP contribution in [0, 0.1) is 0 Å². The zero-order valence-corrected chi connectivity index (χ0v) is 16.4. The lowest BCUT2D eigenvalue weighted by molar-refractivity contribution is 0.0787. The summed E-state index contributed by atoms with van der Waals surface area (Å²) in [4.78, 5) is 19.1. The minimum absolute atomic E-state index is 0.0877. The van der Waals surface area contributed by atoms with Gasteiger partial charge in [0, 0.05) is 19.0 Å². The molecule has 0 atom stereocenters. The van der Waals surface area contributed by atoms with E-state index in [1.54, 1.807) is 25.1 Å². The maximum Gasteiger partial charge on any atom is 0.254 e. The third kappa shape index (κ3) is 3.51. The predicted octanol–water partition coefficient (Wildman–Crippen LogP) is 5.32. The van der Waals surface area contributed by atoms with Gasteiger partial charge in [-0.1, -0.05) is 48.0 Å². The highest BCUT2D eigenvalue weighted by atomic mass is 35.5. The van der Waals surface area contributed by atoms with Gasteiger partial charge in [-0.25, -0.2) is 4.98 Å². The summed E-state index contributed by atoms with van der Waals surface area (Å²) in [5, 5.41) is 3.32. The number of carbonyl (C=O) groups excluding carboxylic acids is 1. The largest absolute Gasteiger partial charge is 0.497 e. The number of nitrogens with zero attached hydrogens (tertiary/aromatic N) is 2. The van der Waals surface area contributed by atoms with Gasteiger partial charge in [0.15, 0.2) is 0 Å². The molecule has 1 heterocycles. The van der Waals surface area contributed by atoms with Gasteiger partial charge in [0.2, 0.25) is 0 Å². The van der Waals surface area contributed by atoms with Gasteiger partial charge in [-0.05, 0) is 46.7 Å². The van der Waals surface area contributed by atoms with E-state index in [4.69, 9.17) is 16.3 Å². The average Bonchev–Trinajstić information content (AvgIpc) is 2.72. The minimum atomic E-state index is -0.0877. The van der Waals surface area contributed by atoms with Gasteiger partial charge in [-0.3, -0.25) is 4.79 Å². The number of aromatic nitrogens is 1. The van der Waals surface area contributed by atoms with Crippen molar-refractivity contribution in [3.63, 3.8) is 0 Å². The van der Waals surface area contributed by atoms with E-state index in [1.165, 1.54) is 0 Å². The Kier molecular flexibility index (Phi) is 4.88. The van der Waals surface area contributed by atoms with Crippen molar-refractivity contribution in [3.8, 4) is 5.75 Å². The van der Waals surface area contributed by atoms with Gasteiger partial charge in [0.05, 0.1) is 18.2 Å². The number of hydrogen-bond donors (Lipinski definition) is 0. The first-order valence-electron chi connectivity index (χ1n) is 8.92. The summed E-state index contributed by atoms with van der Waals surface area (Å²) in [6.07, 6.45) is 0. The number of pyridine rings is 1. The van der Waals surface area contributed by atoms with Crippen LogP contribution in [-0.2, 0) is 6.54 Å². The number of benzene rings is 3. The van der Waals surface area contributed by atoms with E-state index < -0.39 is 0 Å². The van der Waals surface area contributed by atoms with Crippen molar-refractivity contribution in [3.05, 3.63) is 83.0 Å². The summed E-state index contributed by atoms with van der Waals surface area (Å²) >= 11 is 6.13. The van der Waals surface area contributed by atoms with E-state index in [-0.39, 0.29) is 5.91 Å². The Balaban J connectivity index is 1.62. The molecule has 0 fully saturated rings. The van der Waals surface area contributed by atoms with Gasteiger partial charge in [0.1, 0.15) is 10.9 Å². The standard InChI is InChI=1S/C23H19ClN2O2/c1-26(14-15-7-8-17-12-18(28-2)10-9-16(17)11-15)23(27)20-13-22(24)25-21-6-4-3-5-19(20)21/h3-13H,14H2,1-2H3. The normalized spacial score (nSPS) is 11.0. The van der Waals surface area contributed by atoms with Gasteiger partial charge in [-0.2, -0.15) is 0 Å². The van der Waals surface area contributed by atoms with Gasteiger partial charge >= 0.3 is 0 Å². The fourth-order valence-electron chi connectivity index (χ4n) is 3.37. The Hall–Kier alpha value is -3.11. The quantitative estimate of drug-likeness (QED) is 0.443. The molecule has 5 heteroatoms. The molecule has 4 rings (SSSR count). The first-order valence-corrected chi connectivity index (χ1v) is 9.30. The third-order valence-corrected chi connectivity index (χ3v) is 4.99. The van der Waals surface area contributed by atoms with Crippen LogP contribution in [0.3, 0.4) is 0 Å². The van der Waals surface area contributed by atoms with Crippen molar-refractivity contribution in [2.45, 2.75) is 6.54 Å². The molecule has 140 valence electrons. The molecule has 0 bridgehead atoms. The van der Waals surface area contributed by atoms with Crippen LogP contribution in [0.4, 0.5) is 0 Å². The molecular formula is C23H19ClN2O2. The molecule has 1 amide bonds. The number of rotatable bonds is 4. The molecule has 4 nitrogen and oxygen atoms in total. The van der Waals surface area contributed by atoms with Crippen molar-refractivity contribution in [1.29, 1.82) is 0 Å². The van der Waals surface area contributed by atoms with Crippen molar-refractivity contribution < 1.29 is 9.53 Å². The van der Waals surface area contributed by atoms with E-state index in [0.29, 0.717) is 22.8 Å². The summed E-state index contributed by atoms with van der Waals surface area (Å²) in [6.45, 7) is 0.495. The highest BCUT2D eigenvalue weighted by molar-refractivity contribution is 6.30. The lowest BCUT2D eigenvalue weighted by atomic mass is 10.1. The zero-order valence-electron chi connectivity index (χ0n) is 15.6. The minimum Gasteiger partial charge on any atom is -0.497 e. The first-order chi connectivity index (χ1) is 13.5. The van der Waals surface area contributed by atoms with E-state index in [2.05, 4.69) is 11.1 Å². The second kappa shape index (κ2) is 7.49. The number of hydrogen-bond acceptors (Lipinski definition) is 3. The highest BCUT2D eigenvalue weighted by Crippen LogP contribution is 2.24. The number of amides is 1. The second-order valence-electron chi connectivity index (χ2n) is 6.72. The average molecular weight is 391 g/mol. The van der Waals surface area contributed by atoms with Crippen molar-refractivity contribution in [1.82, 2.24) is 9.88 Å². The third-order valence-electron chi connectivity index (χ3n) is 4.79. The van der Waals surface area contributed by atoms with E-state index >= 15 is 0 Å². The van der Waals surface area contributed by atoms with E-state index in [0.717, 1.165) is 27.5 Å². The van der Waals surface area contributed by atoms with Gasteiger partial charge in [-0.15, -0.1) is 0 Å².